The average molecular weight is 562 g/mol. The zero-order valence-electron chi connectivity index (χ0n) is 20.2. The normalized spacial score (nSPS) is 20.4. The van der Waals surface area contributed by atoms with E-state index in [1.807, 2.05) is 0 Å². The molecule has 0 N–H and O–H groups in total. The molecule has 0 spiro atoms. The van der Waals surface area contributed by atoms with Gasteiger partial charge in [0.15, 0.2) is 0 Å². The first-order chi connectivity index (χ1) is 16.5. The molecule has 3 aromatic rings. The molecule has 0 fully saturated rings. The first-order valence-electron chi connectivity index (χ1n) is 11.5. The number of nitrogens with zero attached hydrogens (tertiary/aromatic N) is 3. The van der Waals surface area contributed by atoms with E-state index in [-0.39, 0.29) is 16.9 Å². The number of fused-ring (bicyclic) bond motifs is 4. The predicted molar refractivity (Wildman–Crippen MR) is 147 cm³/mol. The molecule has 6 rings (SSSR count). The van der Waals surface area contributed by atoms with Crippen LogP contribution in [0, 0.1) is 0 Å². The van der Waals surface area contributed by atoms with Gasteiger partial charge in [-0.05, 0) is 0 Å². The van der Waals surface area contributed by atoms with Crippen LogP contribution in [0.2, 0.25) is 13.1 Å². The van der Waals surface area contributed by atoms with E-state index in [2.05, 4.69) is 101 Å². The number of anilines is 3. The molecule has 0 atom stereocenters. The van der Waals surface area contributed by atoms with Gasteiger partial charge >= 0.3 is 200 Å². The molecule has 3 aliphatic rings. The van der Waals surface area contributed by atoms with Gasteiger partial charge in [0, 0.05) is 0 Å². The second kappa shape index (κ2) is 7.37. The molecule has 175 valence electrons. The standard InChI is InChI=1S/C27H24N3O2SSeSi/c1-27(2)17-9-8-12-21-22(17)30(19-10-6-7-11-20(19)35(21,4)5)25-18(27)14-15(33-25)13-16-23(31)28-26(34)29(3)24(16)32/h6-14H,1-5H3/b16-13+. The SMILES string of the molecule is CN1C(=O)/C(=C/c2cc3c(s2)N2c4ccccc4[Si](C)(C)c4cccc(c42)C3(C)C)C(=O)N=C1[Se]. The third kappa shape index (κ3) is 3.00. The Morgan fingerprint density at radius 2 is 1.74 bits per heavy atom. The van der Waals surface area contributed by atoms with Gasteiger partial charge in [-0.25, -0.2) is 0 Å². The number of benzene rings is 2. The number of likely N-dealkylation sites (N-methyl/N-ethyl adjacent to an activating group) is 1. The second-order valence-electron chi connectivity index (χ2n) is 10.3. The summed E-state index contributed by atoms with van der Waals surface area (Å²) in [6.45, 7) is 9.40. The van der Waals surface area contributed by atoms with E-state index in [0.717, 1.165) is 9.88 Å². The van der Waals surface area contributed by atoms with Gasteiger partial charge in [0.1, 0.15) is 0 Å². The fourth-order valence-corrected chi connectivity index (χ4v) is 10.2. The number of amidine groups is 1. The molecule has 2 aromatic carbocycles. The maximum absolute atomic E-state index is 12.8. The van der Waals surface area contributed by atoms with Crippen molar-refractivity contribution >= 4 is 84.8 Å². The van der Waals surface area contributed by atoms with Crippen molar-refractivity contribution in [2.75, 3.05) is 11.9 Å². The van der Waals surface area contributed by atoms with Gasteiger partial charge in [0.2, 0.25) is 0 Å². The molecule has 0 bridgehead atoms. The van der Waals surface area contributed by atoms with E-state index in [0.29, 0.717) is 4.73 Å². The molecule has 0 aliphatic carbocycles. The van der Waals surface area contributed by atoms with E-state index < -0.39 is 14.0 Å². The summed E-state index contributed by atoms with van der Waals surface area (Å²) < 4.78 is 0.295. The van der Waals surface area contributed by atoms with Crippen LogP contribution in [0.4, 0.5) is 16.4 Å². The molecular formula is C27H24N3O2SSeSi. The number of carbonyl (C=O) groups is 2. The van der Waals surface area contributed by atoms with Crippen LogP contribution in [0.3, 0.4) is 0 Å². The monoisotopic (exact) mass is 562 g/mol. The number of hydrogen-bond acceptors (Lipinski definition) is 4. The Morgan fingerprint density at radius 1 is 1.03 bits per heavy atom. The van der Waals surface area contributed by atoms with Gasteiger partial charge in [-0.2, -0.15) is 0 Å². The first kappa shape index (κ1) is 22.7. The minimum absolute atomic E-state index is 0.0914. The van der Waals surface area contributed by atoms with Crippen molar-refractivity contribution in [2.24, 2.45) is 4.99 Å². The van der Waals surface area contributed by atoms with Crippen molar-refractivity contribution in [2.45, 2.75) is 32.4 Å². The molecule has 1 aromatic heterocycles. The van der Waals surface area contributed by atoms with Crippen LogP contribution >= 0.6 is 11.3 Å². The van der Waals surface area contributed by atoms with E-state index >= 15 is 0 Å². The molecule has 5 nitrogen and oxygen atoms in total. The number of amides is 2. The fourth-order valence-electron chi connectivity index (χ4n) is 5.54. The molecule has 0 saturated carbocycles. The second-order valence-corrected chi connectivity index (χ2v) is 16.4. The molecular weight excluding hydrogens is 537 g/mol. The zero-order chi connectivity index (χ0) is 24.9. The summed E-state index contributed by atoms with van der Waals surface area (Å²) in [6.07, 6.45) is 1.70. The Morgan fingerprint density at radius 3 is 2.51 bits per heavy atom. The number of para-hydroxylation sites is 2. The Bertz CT molecular complexity index is 1530. The summed E-state index contributed by atoms with van der Waals surface area (Å²) in [4.78, 5) is 34.1. The van der Waals surface area contributed by atoms with Crippen molar-refractivity contribution < 1.29 is 9.59 Å². The molecule has 4 heterocycles. The molecule has 1 radical (unpaired) electrons. The van der Waals surface area contributed by atoms with Gasteiger partial charge in [0.05, 0.1) is 0 Å². The number of aliphatic imine (C=N–C) groups is 1. The van der Waals surface area contributed by atoms with Crippen molar-refractivity contribution in [3.63, 3.8) is 0 Å². The van der Waals surface area contributed by atoms with E-state index in [9.17, 15) is 9.59 Å². The third-order valence-electron chi connectivity index (χ3n) is 7.57. The summed E-state index contributed by atoms with van der Waals surface area (Å²) in [5, 5.41) is 4.01. The molecule has 0 unspecified atom stereocenters. The van der Waals surface area contributed by atoms with Crippen LogP contribution < -0.4 is 15.3 Å². The number of rotatable bonds is 1. The van der Waals surface area contributed by atoms with Gasteiger partial charge in [-0.15, -0.1) is 0 Å². The van der Waals surface area contributed by atoms with Crippen LogP contribution in [-0.2, 0) is 15.0 Å². The first-order valence-corrected chi connectivity index (χ1v) is 16.2. The zero-order valence-corrected chi connectivity index (χ0v) is 23.7. The fraction of sp³-hybridized carbons (Fsp3) is 0.222. The molecule has 3 aliphatic heterocycles. The van der Waals surface area contributed by atoms with Crippen LogP contribution in [0.5, 0.6) is 0 Å². The minimum atomic E-state index is -1.89. The molecule has 8 heteroatoms. The quantitative estimate of drug-likeness (QED) is 0.257. The summed E-state index contributed by atoms with van der Waals surface area (Å²) in [5.74, 6) is -0.847. The van der Waals surface area contributed by atoms with Gasteiger partial charge in [0.25, 0.3) is 0 Å². The van der Waals surface area contributed by atoms with Crippen molar-refractivity contribution in [1.82, 2.24) is 4.90 Å². The maximum atomic E-state index is 12.8. The number of hydrogen-bond donors (Lipinski definition) is 0. The summed E-state index contributed by atoms with van der Waals surface area (Å²) in [6, 6.07) is 17.6. The van der Waals surface area contributed by atoms with Crippen LogP contribution in [0.1, 0.15) is 29.9 Å². The summed E-state index contributed by atoms with van der Waals surface area (Å²) in [5.41, 5.74) is 4.93. The van der Waals surface area contributed by atoms with E-state index in [4.69, 9.17) is 0 Å². The third-order valence-corrected chi connectivity index (χ3v) is 12.9. The van der Waals surface area contributed by atoms with E-state index in [1.54, 1.807) is 24.5 Å². The average Bonchev–Trinajstić information content (AvgIpc) is 3.25. The van der Waals surface area contributed by atoms with Gasteiger partial charge in [-0.3, -0.25) is 0 Å². The molecule has 2 amide bonds. The topological polar surface area (TPSA) is 53.0 Å². The van der Waals surface area contributed by atoms with Crippen molar-refractivity contribution in [3.05, 3.63) is 70.1 Å². The van der Waals surface area contributed by atoms with Gasteiger partial charge in [-0.1, -0.05) is 19.2 Å². The van der Waals surface area contributed by atoms with Gasteiger partial charge < -0.3 is 0 Å². The Kier molecular flexibility index (Phi) is 4.77. The molecule has 0 saturated heterocycles. The Labute approximate surface area is 218 Å². The summed E-state index contributed by atoms with van der Waals surface area (Å²) >= 11 is 4.31. The molecule has 35 heavy (non-hydrogen) atoms. The van der Waals surface area contributed by atoms with Crippen molar-refractivity contribution in [3.8, 4) is 0 Å². The van der Waals surface area contributed by atoms with E-state index in [1.165, 1.54) is 37.8 Å². The Balaban J connectivity index is 1.60. The van der Waals surface area contributed by atoms with Crippen LogP contribution in [0.15, 0.2) is 59.1 Å². The summed E-state index contributed by atoms with van der Waals surface area (Å²) in [7, 11) is -0.273. The number of carbonyl (C=O) groups excluding carboxylic acids is 2. The van der Waals surface area contributed by atoms with Crippen molar-refractivity contribution in [1.29, 1.82) is 0 Å². The Hall–Kier alpha value is -2.77. The number of thiophene rings is 1. The predicted octanol–water partition coefficient (Wildman–Crippen LogP) is 3.90. The van der Waals surface area contributed by atoms with Crippen LogP contribution in [0.25, 0.3) is 6.08 Å². The van der Waals surface area contributed by atoms with Crippen LogP contribution in [-0.4, -0.2) is 52.6 Å².